The molecule has 0 spiro atoms. The van der Waals surface area contributed by atoms with E-state index in [0.717, 1.165) is 11.3 Å². The quantitative estimate of drug-likeness (QED) is 0.937. The fraction of sp³-hybridized carbons (Fsp3) is 0.188. The van der Waals surface area contributed by atoms with E-state index in [1.165, 1.54) is 0 Å². The Balaban J connectivity index is 2.25. The lowest BCUT2D eigenvalue weighted by Crippen LogP contribution is -2.15. The van der Waals surface area contributed by atoms with Crippen LogP contribution in [0, 0.1) is 6.92 Å². The maximum absolute atomic E-state index is 12.3. The molecule has 104 valence electrons. The number of carbonyl (C=O) groups is 1. The molecule has 4 heteroatoms. The second-order valence-electron chi connectivity index (χ2n) is 4.45. The van der Waals surface area contributed by atoms with Gasteiger partial charge in [-0.3, -0.25) is 9.00 Å². The minimum absolute atomic E-state index is 0.230. The van der Waals surface area contributed by atoms with Crippen molar-refractivity contribution in [2.45, 2.75) is 18.7 Å². The Morgan fingerprint density at radius 3 is 2.40 bits per heavy atom. The van der Waals surface area contributed by atoms with E-state index in [9.17, 15) is 9.00 Å². The molecule has 0 aliphatic heterocycles. The highest BCUT2D eigenvalue weighted by Crippen LogP contribution is 2.16. The summed E-state index contributed by atoms with van der Waals surface area (Å²) in [6, 6.07) is 14.6. The van der Waals surface area contributed by atoms with Crippen LogP contribution >= 0.6 is 0 Å². The minimum atomic E-state index is -1.14. The van der Waals surface area contributed by atoms with Crippen LogP contribution in [0.2, 0.25) is 0 Å². The van der Waals surface area contributed by atoms with Crippen molar-refractivity contribution in [3.63, 3.8) is 0 Å². The van der Waals surface area contributed by atoms with Crippen molar-refractivity contribution in [2.24, 2.45) is 0 Å². The van der Waals surface area contributed by atoms with Crippen LogP contribution in [0.5, 0.6) is 0 Å². The molecule has 20 heavy (non-hydrogen) atoms. The first-order valence-electron chi connectivity index (χ1n) is 6.47. The molecule has 0 bridgehead atoms. The summed E-state index contributed by atoms with van der Waals surface area (Å²) in [4.78, 5) is 12.9. The van der Waals surface area contributed by atoms with Crippen molar-refractivity contribution in [3.8, 4) is 0 Å². The Morgan fingerprint density at radius 2 is 1.75 bits per heavy atom. The first-order valence-corrected chi connectivity index (χ1v) is 7.79. The number of nitrogens with one attached hydrogen (secondary N) is 1. The molecule has 1 atom stereocenters. The van der Waals surface area contributed by atoms with E-state index in [2.05, 4.69) is 5.32 Å². The summed E-state index contributed by atoms with van der Waals surface area (Å²) < 4.78 is 12.0. The minimum Gasteiger partial charge on any atom is -0.322 e. The summed E-state index contributed by atoms with van der Waals surface area (Å²) in [6.07, 6.45) is 0. The van der Waals surface area contributed by atoms with Crippen LogP contribution in [-0.2, 0) is 10.8 Å². The topological polar surface area (TPSA) is 46.2 Å². The van der Waals surface area contributed by atoms with Crippen molar-refractivity contribution in [3.05, 3.63) is 59.7 Å². The number of hydrogen-bond donors (Lipinski definition) is 1. The van der Waals surface area contributed by atoms with Crippen molar-refractivity contribution in [1.29, 1.82) is 0 Å². The van der Waals surface area contributed by atoms with E-state index in [1.54, 1.807) is 24.3 Å². The summed E-state index contributed by atoms with van der Waals surface area (Å²) in [7, 11) is -1.14. The Kier molecular flexibility index (Phi) is 4.69. The summed E-state index contributed by atoms with van der Waals surface area (Å²) >= 11 is 0. The van der Waals surface area contributed by atoms with E-state index < -0.39 is 10.8 Å². The number of rotatable bonds is 4. The van der Waals surface area contributed by atoms with Crippen molar-refractivity contribution < 1.29 is 9.00 Å². The molecule has 1 N–H and O–H groups in total. The number of benzene rings is 2. The Bertz CT molecular complexity index is 635. The van der Waals surface area contributed by atoms with Gasteiger partial charge in [-0.15, -0.1) is 0 Å². The molecule has 1 unspecified atom stereocenters. The molecular formula is C16H17NO2S. The van der Waals surface area contributed by atoms with Crippen LogP contribution in [-0.4, -0.2) is 15.9 Å². The molecule has 2 rings (SSSR count). The van der Waals surface area contributed by atoms with Crippen molar-refractivity contribution in [1.82, 2.24) is 0 Å². The van der Waals surface area contributed by atoms with Gasteiger partial charge < -0.3 is 5.32 Å². The highest BCUT2D eigenvalue weighted by atomic mass is 32.2. The van der Waals surface area contributed by atoms with E-state index in [4.69, 9.17) is 0 Å². The summed E-state index contributed by atoms with van der Waals surface area (Å²) in [5.41, 5.74) is 2.33. The predicted octanol–water partition coefficient (Wildman–Crippen LogP) is 3.37. The van der Waals surface area contributed by atoms with Gasteiger partial charge in [-0.25, -0.2) is 0 Å². The predicted molar refractivity (Wildman–Crippen MR) is 82.5 cm³/mol. The van der Waals surface area contributed by atoms with Gasteiger partial charge in [0.1, 0.15) is 0 Å². The maximum Gasteiger partial charge on any atom is 0.256 e. The van der Waals surface area contributed by atoms with Gasteiger partial charge in [0.2, 0.25) is 0 Å². The van der Waals surface area contributed by atoms with Gasteiger partial charge in [-0.05, 0) is 31.2 Å². The molecule has 0 aliphatic carbocycles. The molecule has 2 aromatic rings. The highest BCUT2D eigenvalue weighted by Gasteiger charge is 2.14. The molecule has 2 aromatic carbocycles. The Morgan fingerprint density at radius 1 is 1.10 bits per heavy atom. The zero-order chi connectivity index (χ0) is 14.5. The average Bonchev–Trinajstić information content (AvgIpc) is 2.48. The van der Waals surface area contributed by atoms with E-state index >= 15 is 0 Å². The largest absolute Gasteiger partial charge is 0.322 e. The van der Waals surface area contributed by atoms with Gasteiger partial charge in [0.05, 0.1) is 21.3 Å². The van der Waals surface area contributed by atoms with E-state index in [-0.39, 0.29) is 5.91 Å². The number of anilines is 1. The molecule has 3 nitrogen and oxygen atoms in total. The maximum atomic E-state index is 12.3. The van der Waals surface area contributed by atoms with Crippen LogP contribution in [0.25, 0.3) is 0 Å². The fourth-order valence-electron chi connectivity index (χ4n) is 1.84. The third-order valence-electron chi connectivity index (χ3n) is 2.95. The van der Waals surface area contributed by atoms with Gasteiger partial charge in [-0.2, -0.15) is 0 Å². The number of amides is 1. The van der Waals surface area contributed by atoms with E-state index in [0.29, 0.717) is 16.2 Å². The summed E-state index contributed by atoms with van der Waals surface area (Å²) in [6.45, 7) is 3.83. The van der Waals surface area contributed by atoms with Crippen LogP contribution in [0.1, 0.15) is 22.8 Å². The first-order chi connectivity index (χ1) is 9.61. The number of hydrogen-bond acceptors (Lipinski definition) is 2. The third-order valence-corrected chi connectivity index (χ3v) is 4.32. The SMILES string of the molecule is CCS(=O)c1ccccc1C(=O)Nc1ccc(C)cc1. The molecule has 0 fully saturated rings. The first kappa shape index (κ1) is 14.5. The van der Waals surface area contributed by atoms with Crippen LogP contribution in [0.15, 0.2) is 53.4 Å². The van der Waals surface area contributed by atoms with Crippen LogP contribution in [0.3, 0.4) is 0 Å². The van der Waals surface area contributed by atoms with Gasteiger partial charge in [-0.1, -0.05) is 36.8 Å². The summed E-state index contributed by atoms with van der Waals surface area (Å²) in [5, 5.41) is 2.83. The van der Waals surface area contributed by atoms with Gasteiger partial charge in [0.15, 0.2) is 0 Å². The van der Waals surface area contributed by atoms with Crippen LogP contribution < -0.4 is 5.32 Å². The standard InChI is InChI=1S/C16H17NO2S/c1-3-20(19)15-7-5-4-6-14(15)16(18)17-13-10-8-12(2)9-11-13/h4-11H,3H2,1-2H3,(H,17,18). The van der Waals surface area contributed by atoms with Gasteiger partial charge >= 0.3 is 0 Å². The van der Waals surface area contributed by atoms with E-state index in [1.807, 2.05) is 38.1 Å². The lowest BCUT2D eigenvalue weighted by molar-refractivity contribution is 0.102. The number of aryl methyl sites for hydroxylation is 1. The molecular weight excluding hydrogens is 270 g/mol. The molecule has 0 saturated heterocycles. The molecule has 0 aliphatic rings. The van der Waals surface area contributed by atoms with Crippen molar-refractivity contribution in [2.75, 3.05) is 11.1 Å². The lowest BCUT2D eigenvalue weighted by atomic mass is 10.2. The number of carbonyl (C=O) groups excluding carboxylic acids is 1. The monoisotopic (exact) mass is 287 g/mol. The third kappa shape index (κ3) is 3.33. The molecule has 0 saturated carbocycles. The second kappa shape index (κ2) is 6.48. The lowest BCUT2D eigenvalue weighted by Gasteiger charge is -2.09. The molecule has 1 amide bonds. The van der Waals surface area contributed by atoms with Gasteiger partial charge in [0, 0.05) is 11.4 Å². The zero-order valence-corrected chi connectivity index (χ0v) is 12.4. The Labute approximate surface area is 121 Å². The average molecular weight is 287 g/mol. The van der Waals surface area contributed by atoms with Crippen LogP contribution in [0.4, 0.5) is 5.69 Å². The second-order valence-corrected chi connectivity index (χ2v) is 6.16. The Hall–Kier alpha value is -1.94. The molecule has 0 aromatic heterocycles. The highest BCUT2D eigenvalue weighted by molar-refractivity contribution is 7.85. The summed E-state index contributed by atoms with van der Waals surface area (Å²) in [5.74, 6) is 0.265. The molecule has 0 heterocycles. The smallest absolute Gasteiger partial charge is 0.256 e. The van der Waals surface area contributed by atoms with Crippen molar-refractivity contribution >= 4 is 22.4 Å². The molecule has 0 radical (unpaired) electrons. The van der Waals surface area contributed by atoms with Gasteiger partial charge in [0.25, 0.3) is 5.91 Å². The fourth-order valence-corrected chi connectivity index (χ4v) is 2.79. The normalized spacial score (nSPS) is 11.9. The zero-order valence-electron chi connectivity index (χ0n) is 11.6.